The minimum atomic E-state index is -3.46. The van der Waals surface area contributed by atoms with Gasteiger partial charge in [0, 0.05) is 12.6 Å². The Hall–Kier alpha value is -2.00. The summed E-state index contributed by atoms with van der Waals surface area (Å²) >= 11 is 1.65. The fourth-order valence-electron chi connectivity index (χ4n) is 2.89. The molecule has 8 heteroatoms. The molecular weight excluding hydrogens is 394 g/mol. The molecule has 0 saturated heterocycles. The fraction of sp³-hybridized carbons (Fsp3) is 0.350. The number of carbonyl (C=O) groups is 1. The zero-order valence-electron chi connectivity index (χ0n) is 16.4. The Balaban J connectivity index is 1.98. The molecule has 0 bridgehead atoms. The van der Waals surface area contributed by atoms with Crippen molar-refractivity contribution < 1.29 is 13.2 Å². The van der Waals surface area contributed by atoms with Gasteiger partial charge in [0.15, 0.2) is 0 Å². The van der Waals surface area contributed by atoms with Crippen molar-refractivity contribution in [2.75, 3.05) is 26.7 Å². The Morgan fingerprint density at radius 3 is 2.39 bits per heavy atom. The van der Waals surface area contributed by atoms with Gasteiger partial charge in [-0.3, -0.25) is 9.69 Å². The number of likely N-dealkylation sites (N-methyl/N-ethyl adjacent to an activating group) is 1. The summed E-state index contributed by atoms with van der Waals surface area (Å²) in [6.07, 6.45) is 3.14. The van der Waals surface area contributed by atoms with E-state index in [2.05, 4.69) is 40.2 Å². The number of sulfonamides is 1. The molecule has 0 spiro atoms. The number of nitrogens with one attached hydrogen (secondary N) is 2. The fourth-order valence-corrected chi connectivity index (χ4v) is 4.33. The lowest BCUT2D eigenvalue weighted by molar-refractivity contribution is -0.116. The normalized spacial score (nSPS) is 13.1. The average molecular weight is 422 g/mol. The SMILES string of the molecule is CCN(CC)C(CNC(=O)/C=C/c1ccc(S(=O)(=O)NC)cc1)c1ccsc1. The Labute approximate surface area is 171 Å². The van der Waals surface area contributed by atoms with Gasteiger partial charge in [0.2, 0.25) is 15.9 Å². The minimum absolute atomic E-state index is 0.143. The van der Waals surface area contributed by atoms with Crippen molar-refractivity contribution in [2.24, 2.45) is 0 Å². The highest BCUT2D eigenvalue weighted by Gasteiger charge is 2.18. The average Bonchev–Trinajstić information content (AvgIpc) is 3.24. The van der Waals surface area contributed by atoms with Gasteiger partial charge in [-0.1, -0.05) is 26.0 Å². The first kappa shape index (κ1) is 22.3. The van der Waals surface area contributed by atoms with Crippen molar-refractivity contribution in [3.05, 3.63) is 58.3 Å². The molecule has 152 valence electrons. The summed E-state index contributed by atoms with van der Waals surface area (Å²) in [7, 11) is -2.09. The molecule has 0 radical (unpaired) electrons. The second-order valence-electron chi connectivity index (χ2n) is 6.15. The highest BCUT2D eigenvalue weighted by molar-refractivity contribution is 7.89. The number of nitrogens with zero attached hydrogens (tertiary/aromatic N) is 1. The van der Waals surface area contributed by atoms with E-state index in [-0.39, 0.29) is 16.8 Å². The zero-order chi connectivity index (χ0) is 20.6. The van der Waals surface area contributed by atoms with E-state index in [1.807, 2.05) is 5.38 Å². The van der Waals surface area contributed by atoms with Crippen LogP contribution in [0.5, 0.6) is 0 Å². The molecule has 1 aromatic heterocycles. The molecule has 6 nitrogen and oxygen atoms in total. The van der Waals surface area contributed by atoms with E-state index in [1.165, 1.54) is 30.8 Å². The number of rotatable bonds is 10. The molecule has 0 saturated carbocycles. The van der Waals surface area contributed by atoms with E-state index in [0.29, 0.717) is 6.54 Å². The van der Waals surface area contributed by atoms with Crippen LogP contribution in [0.25, 0.3) is 6.08 Å². The van der Waals surface area contributed by atoms with E-state index >= 15 is 0 Å². The lowest BCUT2D eigenvalue weighted by atomic mass is 10.1. The molecule has 1 amide bonds. The maximum atomic E-state index is 12.2. The Morgan fingerprint density at radius 1 is 1.18 bits per heavy atom. The predicted molar refractivity (Wildman–Crippen MR) is 115 cm³/mol. The van der Waals surface area contributed by atoms with E-state index in [4.69, 9.17) is 0 Å². The molecule has 1 unspecified atom stereocenters. The van der Waals surface area contributed by atoms with Crippen molar-refractivity contribution in [2.45, 2.75) is 24.8 Å². The summed E-state index contributed by atoms with van der Waals surface area (Å²) in [5, 5.41) is 7.13. The van der Waals surface area contributed by atoms with Gasteiger partial charge >= 0.3 is 0 Å². The first-order valence-electron chi connectivity index (χ1n) is 9.17. The maximum absolute atomic E-state index is 12.2. The lowest BCUT2D eigenvalue weighted by Gasteiger charge is -2.29. The number of benzene rings is 1. The topological polar surface area (TPSA) is 78.5 Å². The summed E-state index contributed by atoms with van der Waals surface area (Å²) in [5.74, 6) is -0.181. The van der Waals surface area contributed by atoms with E-state index in [1.54, 1.807) is 29.5 Å². The van der Waals surface area contributed by atoms with Crippen LogP contribution in [0.4, 0.5) is 0 Å². The Bertz CT molecular complexity index is 872. The molecule has 2 rings (SSSR count). The zero-order valence-corrected chi connectivity index (χ0v) is 18.0. The van der Waals surface area contributed by atoms with Gasteiger partial charge in [-0.05, 0) is 66.3 Å². The molecule has 2 N–H and O–H groups in total. The van der Waals surface area contributed by atoms with Gasteiger partial charge in [0.05, 0.1) is 10.9 Å². The van der Waals surface area contributed by atoms with E-state index in [9.17, 15) is 13.2 Å². The third-order valence-corrected chi connectivity index (χ3v) is 6.67. The summed E-state index contributed by atoms with van der Waals surface area (Å²) in [4.78, 5) is 14.7. The molecule has 1 heterocycles. The van der Waals surface area contributed by atoms with Crippen molar-refractivity contribution in [3.63, 3.8) is 0 Å². The first-order chi connectivity index (χ1) is 13.4. The van der Waals surface area contributed by atoms with E-state index in [0.717, 1.165) is 18.7 Å². The van der Waals surface area contributed by atoms with Crippen molar-refractivity contribution in [1.82, 2.24) is 14.9 Å². The smallest absolute Gasteiger partial charge is 0.244 e. The van der Waals surface area contributed by atoms with Gasteiger partial charge in [-0.2, -0.15) is 11.3 Å². The lowest BCUT2D eigenvalue weighted by Crippen LogP contribution is -2.37. The van der Waals surface area contributed by atoms with Crippen LogP contribution >= 0.6 is 11.3 Å². The van der Waals surface area contributed by atoms with Crippen LogP contribution in [0, 0.1) is 0 Å². The molecule has 2 aromatic rings. The van der Waals surface area contributed by atoms with Crippen molar-refractivity contribution >= 4 is 33.3 Å². The standard InChI is InChI=1S/C20H27N3O3S2/c1-4-23(5-2)19(17-12-13-27-15-17)14-22-20(24)11-8-16-6-9-18(10-7-16)28(25,26)21-3/h6-13,15,19,21H,4-5,14H2,1-3H3,(H,22,24)/b11-8+. The molecule has 1 aromatic carbocycles. The third-order valence-electron chi connectivity index (χ3n) is 4.54. The van der Waals surface area contributed by atoms with E-state index < -0.39 is 10.0 Å². The van der Waals surface area contributed by atoms with Gasteiger partial charge in [0.25, 0.3) is 0 Å². The van der Waals surface area contributed by atoms with Gasteiger partial charge < -0.3 is 5.32 Å². The second-order valence-corrected chi connectivity index (χ2v) is 8.82. The van der Waals surface area contributed by atoms with Crippen molar-refractivity contribution in [1.29, 1.82) is 0 Å². The molecule has 28 heavy (non-hydrogen) atoms. The number of hydrogen-bond acceptors (Lipinski definition) is 5. The molecule has 1 atom stereocenters. The quantitative estimate of drug-likeness (QED) is 0.578. The largest absolute Gasteiger partial charge is 0.351 e. The molecule has 0 aliphatic rings. The van der Waals surface area contributed by atoms with Crippen LogP contribution in [0.3, 0.4) is 0 Å². The van der Waals surface area contributed by atoms with Gasteiger partial charge in [0.1, 0.15) is 0 Å². The summed E-state index contributed by atoms with van der Waals surface area (Å²) < 4.78 is 25.7. The summed E-state index contributed by atoms with van der Waals surface area (Å²) in [6, 6.07) is 8.59. The maximum Gasteiger partial charge on any atom is 0.244 e. The summed E-state index contributed by atoms with van der Waals surface area (Å²) in [6.45, 7) is 6.57. The highest BCUT2D eigenvalue weighted by atomic mass is 32.2. The van der Waals surface area contributed by atoms with Crippen LogP contribution in [0.2, 0.25) is 0 Å². The number of thiophene rings is 1. The highest BCUT2D eigenvalue weighted by Crippen LogP contribution is 2.22. The first-order valence-corrected chi connectivity index (χ1v) is 11.6. The monoisotopic (exact) mass is 421 g/mol. The summed E-state index contributed by atoms with van der Waals surface area (Å²) in [5.41, 5.74) is 1.96. The van der Waals surface area contributed by atoms with Crippen LogP contribution < -0.4 is 10.0 Å². The third kappa shape index (κ3) is 6.00. The van der Waals surface area contributed by atoms with Crippen LogP contribution in [0.1, 0.15) is 31.0 Å². The predicted octanol–water partition coefficient (Wildman–Crippen LogP) is 2.87. The molecular formula is C20H27N3O3S2. The van der Waals surface area contributed by atoms with Crippen LogP contribution in [-0.4, -0.2) is 45.9 Å². The van der Waals surface area contributed by atoms with Crippen LogP contribution in [0.15, 0.2) is 52.1 Å². The Morgan fingerprint density at radius 2 is 1.86 bits per heavy atom. The van der Waals surface area contributed by atoms with Crippen LogP contribution in [-0.2, 0) is 14.8 Å². The van der Waals surface area contributed by atoms with Crippen molar-refractivity contribution in [3.8, 4) is 0 Å². The number of carbonyl (C=O) groups excluding carboxylic acids is 1. The molecule has 0 fully saturated rings. The second kappa shape index (κ2) is 10.5. The minimum Gasteiger partial charge on any atom is -0.351 e. The van der Waals surface area contributed by atoms with Gasteiger partial charge in [-0.25, -0.2) is 13.1 Å². The van der Waals surface area contributed by atoms with Gasteiger partial charge in [-0.15, -0.1) is 0 Å². The molecule has 0 aliphatic carbocycles. The number of hydrogen-bond donors (Lipinski definition) is 2. The molecule has 0 aliphatic heterocycles. The Kier molecular flexibility index (Phi) is 8.37. The number of amides is 1.